The monoisotopic (exact) mass is 152 g/mol. The quantitative estimate of drug-likeness (QED) is 0.544. The fourth-order valence-corrected chi connectivity index (χ4v) is 1.12. The molecule has 0 heterocycles. The Morgan fingerprint density at radius 2 is 1.91 bits per heavy atom. The summed E-state index contributed by atoms with van der Waals surface area (Å²) in [7, 11) is -1.32. The molecule has 0 spiro atoms. The Labute approximate surface area is 67.4 Å². The van der Waals surface area contributed by atoms with Crippen LogP contribution in [0.25, 0.3) is 0 Å². The largest absolute Gasteiger partial charge is 0.488 e. The SMILES string of the molecule is CC1C=CC(B(O)O)=CC1C. The molecule has 0 aromatic rings. The third-order valence-electron chi connectivity index (χ3n) is 2.18. The predicted molar refractivity (Wildman–Crippen MR) is 45.7 cm³/mol. The van der Waals surface area contributed by atoms with E-state index in [0.717, 1.165) is 0 Å². The number of allylic oxidation sites excluding steroid dienone is 4. The van der Waals surface area contributed by atoms with Gasteiger partial charge in [0, 0.05) is 0 Å². The average molecular weight is 152 g/mol. The molecule has 0 aliphatic heterocycles. The summed E-state index contributed by atoms with van der Waals surface area (Å²) >= 11 is 0. The number of rotatable bonds is 1. The molecular formula is C8H13BO2. The lowest BCUT2D eigenvalue weighted by Crippen LogP contribution is -2.18. The van der Waals surface area contributed by atoms with Gasteiger partial charge in [0.05, 0.1) is 0 Å². The maximum absolute atomic E-state index is 8.82. The molecule has 1 rings (SSSR count). The molecule has 0 aromatic heterocycles. The molecule has 0 amide bonds. The highest BCUT2D eigenvalue weighted by molar-refractivity contribution is 6.51. The molecule has 2 atom stereocenters. The Morgan fingerprint density at radius 3 is 2.36 bits per heavy atom. The minimum atomic E-state index is -1.32. The first-order chi connectivity index (χ1) is 5.11. The van der Waals surface area contributed by atoms with Crippen LogP contribution in [-0.4, -0.2) is 17.2 Å². The second-order valence-electron chi connectivity index (χ2n) is 3.12. The van der Waals surface area contributed by atoms with Crippen molar-refractivity contribution in [2.75, 3.05) is 0 Å². The van der Waals surface area contributed by atoms with Crippen LogP contribution in [0.3, 0.4) is 0 Å². The van der Waals surface area contributed by atoms with Crippen LogP contribution in [0.4, 0.5) is 0 Å². The van der Waals surface area contributed by atoms with E-state index in [1.807, 2.05) is 12.2 Å². The van der Waals surface area contributed by atoms with Gasteiger partial charge in [-0.15, -0.1) is 0 Å². The second-order valence-corrected chi connectivity index (χ2v) is 3.12. The molecule has 1 aliphatic rings. The molecule has 2 N–H and O–H groups in total. The molecule has 0 aromatic carbocycles. The zero-order valence-corrected chi connectivity index (χ0v) is 6.86. The van der Waals surface area contributed by atoms with Crippen LogP contribution in [0.2, 0.25) is 0 Å². The lowest BCUT2D eigenvalue weighted by atomic mass is 9.73. The number of hydrogen-bond donors (Lipinski definition) is 2. The molecule has 11 heavy (non-hydrogen) atoms. The summed E-state index contributed by atoms with van der Waals surface area (Å²) in [5.74, 6) is 0.897. The van der Waals surface area contributed by atoms with Crippen molar-refractivity contribution >= 4 is 7.12 Å². The van der Waals surface area contributed by atoms with E-state index < -0.39 is 7.12 Å². The summed E-state index contributed by atoms with van der Waals surface area (Å²) in [5, 5.41) is 17.6. The molecule has 60 valence electrons. The van der Waals surface area contributed by atoms with E-state index in [-0.39, 0.29) is 0 Å². The molecule has 1 aliphatic carbocycles. The van der Waals surface area contributed by atoms with Crippen LogP contribution in [0.5, 0.6) is 0 Å². The minimum Gasteiger partial charge on any atom is -0.423 e. The Bertz CT molecular complexity index is 196. The van der Waals surface area contributed by atoms with Gasteiger partial charge in [0.25, 0.3) is 0 Å². The Balaban J connectivity index is 2.72. The molecule has 0 fully saturated rings. The van der Waals surface area contributed by atoms with E-state index in [4.69, 9.17) is 10.0 Å². The summed E-state index contributed by atoms with van der Waals surface area (Å²) in [6, 6.07) is 0. The summed E-state index contributed by atoms with van der Waals surface area (Å²) in [6.45, 7) is 4.18. The zero-order chi connectivity index (χ0) is 8.43. The summed E-state index contributed by atoms with van der Waals surface area (Å²) in [6.07, 6.45) is 5.67. The van der Waals surface area contributed by atoms with Gasteiger partial charge >= 0.3 is 7.12 Å². The smallest absolute Gasteiger partial charge is 0.423 e. The van der Waals surface area contributed by atoms with Gasteiger partial charge in [0.15, 0.2) is 0 Å². The highest BCUT2D eigenvalue weighted by atomic mass is 16.4. The molecule has 0 radical (unpaired) electrons. The fraction of sp³-hybridized carbons (Fsp3) is 0.500. The summed E-state index contributed by atoms with van der Waals surface area (Å²) in [4.78, 5) is 0. The van der Waals surface area contributed by atoms with Crippen LogP contribution in [0.15, 0.2) is 23.7 Å². The van der Waals surface area contributed by atoms with Crippen molar-refractivity contribution < 1.29 is 10.0 Å². The van der Waals surface area contributed by atoms with Gasteiger partial charge < -0.3 is 10.0 Å². The van der Waals surface area contributed by atoms with Crippen molar-refractivity contribution in [3.05, 3.63) is 23.7 Å². The molecule has 3 heteroatoms. The Hall–Kier alpha value is -0.535. The van der Waals surface area contributed by atoms with E-state index in [9.17, 15) is 0 Å². The molecular weight excluding hydrogens is 139 g/mol. The third-order valence-corrected chi connectivity index (χ3v) is 2.18. The summed E-state index contributed by atoms with van der Waals surface area (Å²) < 4.78 is 0. The van der Waals surface area contributed by atoms with Gasteiger partial charge in [-0.25, -0.2) is 0 Å². The maximum atomic E-state index is 8.82. The third kappa shape index (κ3) is 1.95. The van der Waals surface area contributed by atoms with Crippen molar-refractivity contribution in [3.63, 3.8) is 0 Å². The van der Waals surface area contributed by atoms with Gasteiger partial charge in [-0.1, -0.05) is 32.1 Å². The van der Waals surface area contributed by atoms with Crippen molar-refractivity contribution in [1.82, 2.24) is 0 Å². The lowest BCUT2D eigenvalue weighted by molar-refractivity contribution is 0.418. The second kappa shape index (κ2) is 3.24. The first-order valence-corrected chi connectivity index (χ1v) is 3.87. The van der Waals surface area contributed by atoms with Gasteiger partial charge in [-0.3, -0.25) is 0 Å². The zero-order valence-electron chi connectivity index (χ0n) is 6.86. The van der Waals surface area contributed by atoms with Crippen molar-refractivity contribution in [3.8, 4) is 0 Å². The van der Waals surface area contributed by atoms with Gasteiger partial charge in [-0.2, -0.15) is 0 Å². The van der Waals surface area contributed by atoms with E-state index in [1.165, 1.54) is 0 Å². The fourth-order valence-electron chi connectivity index (χ4n) is 1.12. The van der Waals surface area contributed by atoms with Crippen LogP contribution in [0, 0.1) is 11.8 Å². The average Bonchev–Trinajstić information content (AvgIpc) is 1.94. The van der Waals surface area contributed by atoms with Crippen LogP contribution in [-0.2, 0) is 0 Å². The summed E-state index contributed by atoms with van der Waals surface area (Å²) in [5.41, 5.74) is 0.607. The maximum Gasteiger partial charge on any atom is 0.488 e. The Kier molecular flexibility index (Phi) is 2.52. The molecule has 0 saturated carbocycles. The van der Waals surface area contributed by atoms with Crippen molar-refractivity contribution in [1.29, 1.82) is 0 Å². The van der Waals surface area contributed by atoms with Crippen molar-refractivity contribution in [2.45, 2.75) is 13.8 Å². The minimum absolute atomic E-state index is 0.400. The van der Waals surface area contributed by atoms with Gasteiger partial charge in [0.2, 0.25) is 0 Å². The first-order valence-electron chi connectivity index (χ1n) is 3.87. The van der Waals surface area contributed by atoms with Crippen LogP contribution in [0.1, 0.15) is 13.8 Å². The predicted octanol–water partition coefficient (Wildman–Crippen LogP) is 0.767. The molecule has 0 saturated heterocycles. The number of hydrogen-bond acceptors (Lipinski definition) is 2. The van der Waals surface area contributed by atoms with Crippen LogP contribution >= 0.6 is 0 Å². The molecule has 2 unspecified atom stereocenters. The lowest BCUT2D eigenvalue weighted by Gasteiger charge is -2.18. The topological polar surface area (TPSA) is 40.5 Å². The van der Waals surface area contributed by atoms with E-state index in [1.54, 1.807) is 6.08 Å². The van der Waals surface area contributed by atoms with Crippen LogP contribution < -0.4 is 0 Å². The highest BCUT2D eigenvalue weighted by Gasteiger charge is 2.18. The first kappa shape index (κ1) is 8.56. The molecule has 0 bridgehead atoms. The standard InChI is InChI=1S/C8H13BO2/c1-6-3-4-8(9(10)11)5-7(6)2/h3-7,10-11H,1-2H3. The van der Waals surface area contributed by atoms with E-state index >= 15 is 0 Å². The van der Waals surface area contributed by atoms with E-state index in [0.29, 0.717) is 17.3 Å². The van der Waals surface area contributed by atoms with Crippen molar-refractivity contribution in [2.24, 2.45) is 11.8 Å². The van der Waals surface area contributed by atoms with E-state index in [2.05, 4.69) is 13.8 Å². The molecule has 2 nitrogen and oxygen atoms in total. The highest BCUT2D eigenvalue weighted by Crippen LogP contribution is 2.21. The van der Waals surface area contributed by atoms with Gasteiger partial charge in [-0.05, 0) is 17.3 Å². The van der Waals surface area contributed by atoms with Gasteiger partial charge in [0.1, 0.15) is 0 Å². The Morgan fingerprint density at radius 1 is 1.27 bits per heavy atom. The normalized spacial score (nSPS) is 30.0.